The van der Waals surface area contributed by atoms with Gasteiger partial charge in [-0.2, -0.15) is 0 Å². The predicted octanol–water partition coefficient (Wildman–Crippen LogP) is 0.162. The highest BCUT2D eigenvalue weighted by Crippen LogP contribution is 2.32. The number of fused-ring (bicyclic) bond motifs is 1. The summed E-state index contributed by atoms with van der Waals surface area (Å²) in [6.45, 7) is 11.7. The number of carbonyl (C=O) groups excluding carboxylic acids is 1. The number of ether oxygens (including phenoxy) is 1. The minimum absolute atomic E-state index is 0.155. The van der Waals surface area contributed by atoms with Gasteiger partial charge in [-0.1, -0.05) is 0 Å². The molecule has 1 N–H and O–H groups in total. The third-order valence-electron chi connectivity index (χ3n) is 5.17. The fraction of sp³-hybridized carbons (Fsp3) is 0.933. The van der Waals surface area contributed by atoms with E-state index in [1.54, 1.807) is 0 Å². The molecule has 3 fully saturated rings. The topological polar surface area (TPSA) is 44.8 Å². The molecule has 3 aliphatic heterocycles. The summed E-state index contributed by atoms with van der Waals surface area (Å²) in [6.07, 6.45) is 0.310. The molecule has 20 heavy (non-hydrogen) atoms. The van der Waals surface area contributed by atoms with E-state index in [0.29, 0.717) is 12.6 Å². The fourth-order valence-corrected chi connectivity index (χ4v) is 4.12. The number of nitrogens with zero attached hydrogens (tertiary/aromatic N) is 2. The second-order valence-electron chi connectivity index (χ2n) is 6.81. The van der Waals surface area contributed by atoms with Gasteiger partial charge in [0.25, 0.3) is 0 Å². The maximum absolute atomic E-state index is 12.5. The average molecular weight is 281 g/mol. The second-order valence-corrected chi connectivity index (χ2v) is 6.81. The minimum Gasteiger partial charge on any atom is -0.372 e. The second kappa shape index (κ2) is 5.62. The number of hydrogen-bond donors (Lipinski definition) is 1. The van der Waals surface area contributed by atoms with Gasteiger partial charge >= 0.3 is 0 Å². The lowest BCUT2D eigenvalue weighted by Gasteiger charge is -2.36. The number of hydrogen-bond acceptors (Lipinski definition) is 4. The molecule has 3 saturated heterocycles. The third kappa shape index (κ3) is 2.71. The van der Waals surface area contributed by atoms with Crippen molar-refractivity contribution in [3.05, 3.63) is 0 Å². The monoisotopic (exact) mass is 281 g/mol. The van der Waals surface area contributed by atoms with Crippen molar-refractivity contribution in [2.24, 2.45) is 11.8 Å². The summed E-state index contributed by atoms with van der Waals surface area (Å²) in [5.74, 6) is 1.73. The van der Waals surface area contributed by atoms with Crippen LogP contribution in [0.3, 0.4) is 0 Å². The summed E-state index contributed by atoms with van der Waals surface area (Å²) in [5, 5.41) is 3.46. The maximum Gasteiger partial charge on any atom is 0.236 e. The van der Waals surface area contributed by atoms with Crippen LogP contribution in [-0.2, 0) is 9.53 Å². The number of rotatable bonds is 2. The van der Waals surface area contributed by atoms with Crippen molar-refractivity contribution >= 4 is 5.91 Å². The van der Waals surface area contributed by atoms with Gasteiger partial charge in [-0.15, -0.1) is 0 Å². The fourth-order valence-electron chi connectivity index (χ4n) is 4.12. The molecule has 3 aliphatic rings. The highest BCUT2D eigenvalue weighted by molar-refractivity contribution is 5.78. The molecule has 114 valence electrons. The molecule has 0 saturated carbocycles. The number of carbonyl (C=O) groups is 1. The smallest absolute Gasteiger partial charge is 0.236 e. The molecule has 0 aliphatic carbocycles. The van der Waals surface area contributed by atoms with E-state index in [0.717, 1.165) is 44.6 Å². The van der Waals surface area contributed by atoms with Crippen LogP contribution < -0.4 is 5.32 Å². The predicted molar refractivity (Wildman–Crippen MR) is 77.5 cm³/mol. The van der Waals surface area contributed by atoms with E-state index >= 15 is 0 Å². The van der Waals surface area contributed by atoms with E-state index in [4.69, 9.17) is 4.74 Å². The molecular formula is C15H27N3O2. The summed E-state index contributed by atoms with van der Waals surface area (Å²) in [4.78, 5) is 16.9. The Labute approximate surface area is 121 Å². The Morgan fingerprint density at radius 3 is 2.50 bits per heavy atom. The zero-order chi connectivity index (χ0) is 14.3. The maximum atomic E-state index is 12.5. The molecule has 3 heterocycles. The molecular weight excluding hydrogens is 254 g/mol. The Hall–Kier alpha value is -0.650. The van der Waals surface area contributed by atoms with E-state index < -0.39 is 0 Å². The van der Waals surface area contributed by atoms with Crippen LogP contribution in [0.5, 0.6) is 0 Å². The highest BCUT2D eigenvalue weighted by atomic mass is 16.5. The van der Waals surface area contributed by atoms with Gasteiger partial charge in [0.15, 0.2) is 0 Å². The molecule has 0 aromatic heterocycles. The molecule has 5 heteroatoms. The summed E-state index contributed by atoms with van der Waals surface area (Å²) >= 11 is 0. The highest BCUT2D eigenvalue weighted by Gasteiger charge is 2.42. The molecule has 0 aromatic rings. The largest absolute Gasteiger partial charge is 0.372 e. The lowest BCUT2D eigenvalue weighted by atomic mass is 9.95. The van der Waals surface area contributed by atoms with Crippen LogP contribution in [0.15, 0.2) is 0 Å². The lowest BCUT2D eigenvalue weighted by Crippen LogP contribution is -2.51. The number of amides is 1. The lowest BCUT2D eigenvalue weighted by molar-refractivity contribution is -0.144. The molecule has 1 amide bonds. The van der Waals surface area contributed by atoms with Crippen molar-refractivity contribution < 1.29 is 9.53 Å². The van der Waals surface area contributed by atoms with Crippen LogP contribution in [-0.4, -0.2) is 73.2 Å². The van der Waals surface area contributed by atoms with E-state index in [-0.39, 0.29) is 18.1 Å². The van der Waals surface area contributed by atoms with Crippen molar-refractivity contribution in [3.8, 4) is 0 Å². The van der Waals surface area contributed by atoms with Gasteiger partial charge in [0.05, 0.1) is 18.8 Å². The van der Waals surface area contributed by atoms with Crippen LogP contribution in [0, 0.1) is 11.8 Å². The van der Waals surface area contributed by atoms with Crippen molar-refractivity contribution in [1.29, 1.82) is 0 Å². The quantitative estimate of drug-likeness (QED) is 0.783. The van der Waals surface area contributed by atoms with Gasteiger partial charge in [0.2, 0.25) is 5.91 Å². The van der Waals surface area contributed by atoms with Crippen LogP contribution in [0.4, 0.5) is 0 Å². The van der Waals surface area contributed by atoms with E-state index in [1.807, 2.05) is 18.7 Å². The van der Waals surface area contributed by atoms with Crippen molar-refractivity contribution in [2.75, 3.05) is 39.3 Å². The van der Waals surface area contributed by atoms with Crippen molar-refractivity contribution in [1.82, 2.24) is 15.1 Å². The zero-order valence-corrected chi connectivity index (χ0v) is 12.8. The Kier molecular flexibility index (Phi) is 4.02. The number of likely N-dealkylation sites (tertiary alicyclic amines) is 1. The molecule has 0 aromatic carbocycles. The number of morpholine rings is 1. The first-order chi connectivity index (χ1) is 9.54. The normalized spacial score (nSPS) is 42.0. The van der Waals surface area contributed by atoms with Crippen LogP contribution in [0.2, 0.25) is 0 Å². The minimum atomic E-state index is 0.155. The summed E-state index contributed by atoms with van der Waals surface area (Å²) in [7, 11) is 0. The molecule has 3 rings (SSSR count). The van der Waals surface area contributed by atoms with Gasteiger partial charge in [0, 0.05) is 25.7 Å². The molecule has 0 radical (unpaired) electrons. The Bertz CT molecular complexity index is 366. The summed E-state index contributed by atoms with van der Waals surface area (Å²) < 4.78 is 5.70. The SMILES string of the molecule is CC1CN(C(=O)CN2CC3CNCC3C2C)CC(C)O1. The molecule has 5 nitrogen and oxygen atoms in total. The van der Waals surface area contributed by atoms with E-state index in [2.05, 4.69) is 17.1 Å². The summed E-state index contributed by atoms with van der Waals surface area (Å²) in [5.41, 5.74) is 0. The first-order valence-electron chi connectivity index (χ1n) is 7.92. The van der Waals surface area contributed by atoms with Gasteiger partial charge in [-0.25, -0.2) is 0 Å². The molecule has 0 spiro atoms. The number of nitrogens with one attached hydrogen (secondary N) is 1. The van der Waals surface area contributed by atoms with Crippen molar-refractivity contribution in [3.63, 3.8) is 0 Å². The summed E-state index contributed by atoms with van der Waals surface area (Å²) in [6, 6.07) is 0.523. The van der Waals surface area contributed by atoms with Gasteiger partial charge < -0.3 is 15.0 Å². The zero-order valence-electron chi connectivity index (χ0n) is 12.8. The van der Waals surface area contributed by atoms with Gasteiger partial charge in [-0.3, -0.25) is 9.69 Å². The Morgan fingerprint density at radius 2 is 1.85 bits per heavy atom. The first kappa shape index (κ1) is 14.3. The Morgan fingerprint density at radius 1 is 1.15 bits per heavy atom. The van der Waals surface area contributed by atoms with E-state index in [1.165, 1.54) is 0 Å². The van der Waals surface area contributed by atoms with Crippen LogP contribution in [0.25, 0.3) is 0 Å². The van der Waals surface area contributed by atoms with Gasteiger partial charge in [0.1, 0.15) is 0 Å². The standard InChI is InChI=1S/C15H27N3O2/c1-10-6-18(7-11(2)20-10)15(19)9-17-8-13-4-16-5-14(13)12(17)3/h10-14,16H,4-9H2,1-3H3. The first-order valence-corrected chi connectivity index (χ1v) is 7.92. The molecule has 5 unspecified atom stereocenters. The third-order valence-corrected chi connectivity index (χ3v) is 5.17. The molecule has 0 bridgehead atoms. The van der Waals surface area contributed by atoms with Crippen LogP contribution >= 0.6 is 0 Å². The van der Waals surface area contributed by atoms with Gasteiger partial charge in [-0.05, 0) is 45.7 Å². The van der Waals surface area contributed by atoms with Crippen molar-refractivity contribution in [2.45, 2.75) is 39.0 Å². The molecule has 5 atom stereocenters. The van der Waals surface area contributed by atoms with Crippen LogP contribution in [0.1, 0.15) is 20.8 Å². The van der Waals surface area contributed by atoms with E-state index in [9.17, 15) is 4.79 Å². The average Bonchev–Trinajstić information content (AvgIpc) is 2.93. The Balaban J connectivity index is 1.56.